The molecule has 1 atom stereocenters. The minimum absolute atomic E-state index is 0.0733. The molecular weight excluding hydrogens is 270 g/mol. The molecule has 1 N–H and O–H groups in total. The van der Waals surface area contributed by atoms with Crippen molar-refractivity contribution in [3.05, 3.63) is 34.4 Å². The molecule has 0 bridgehead atoms. The summed E-state index contributed by atoms with van der Waals surface area (Å²) in [6.07, 6.45) is 1.86. The van der Waals surface area contributed by atoms with Crippen molar-refractivity contribution < 1.29 is 19.1 Å². The first kappa shape index (κ1) is 15.1. The molecule has 0 amide bonds. The molecule has 1 aromatic carbocycles. The van der Waals surface area contributed by atoms with Gasteiger partial charge in [0, 0.05) is 11.3 Å². The van der Waals surface area contributed by atoms with Crippen molar-refractivity contribution >= 4 is 23.7 Å². The SMILES string of the molecule is COC(=O)CC1Nc2cc(C)cc(C)c2C=C1C(=O)OC. The third-order valence-corrected chi connectivity index (χ3v) is 3.56. The predicted octanol–water partition coefficient (Wildman–Crippen LogP) is 2.22. The number of carbonyl (C=O) groups is 2. The maximum Gasteiger partial charge on any atom is 0.335 e. The number of nitrogens with one attached hydrogen (secondary N) is 1. The van der Waals surface area contributed by atoms with Gasteiger partial charge < -0.3 is 14.8 Å². The van der Waals surface area contributed by atoms with Gasteiger partial charge in [0.2, 0.25) is 0 Å². The summed E-state index contributed by atoms with van der Waals surface area (Å²) in [5, 5.41) is 3.24. The number of methoxy groups -OCH3 is 2. The van der Waals surface area contributed by atoms with Crippen LogP contribution >= 0.6 is 0 Å². The number of anilines is 1. The zero-order chi connectivity index (χ0) is 15.6. The van der Waals surface area contributed by atoms with Crippen LogP contribution in [0.3, 0.4) is 0 Å². The average molecular weight is 289 g/mol. The van der Waals surface area contributed by atoms with Gasteiger partial charge in [-0.3, -0.25) is 4.79 Å². The van der Waals surface area contributed by atoms with Crippen molar-refractivity contribution in [1.82, 2.24) is 0 Å². The summed E-state index contributed by atoms with van der Waals surface area (Å²) in [6.45, 7) is 3.99. The van der Waals surface area contributed by atoms with Gasteiger partial charge >= 0.3 is 11.9 Å². The van der Waals surface area contributed by atoms with Gasteiger partial charge in [-0.15, -0.1) is 0 Å². The number of benzene rings is 1. The van der Waals surface area contributed by atoms with Crippen LogP contribution in [-0.2, 0) is 19.1 Å². The van der Waals surface area contributed by atoms with Gasteiger partial charge in [0.15, 0.2) is 0 Å². The molecular formula is C16H19NO4. The third-order valence-electron chi connectivity index (χ3n) is 3.56. The van der Waals surface area contributed by atoms with Crippen LogP contribution in [0.5, 0.6) is 0 Å². The van der Waals surface area contributed by atoms with Crippen molar-refractivity contribution in [2.45, 2.75) is 26.3 Å². The van der Waals surface area contributed by atoms with Gasteiger partial charge in [-0.1, -0.05) is 6.07 Å². The lowest BCUT2D eigenvalue weighted by Crippen LogP contribution is -2.32. The monoisotopic (exact) mass is 289 g/mol. The van der Waals surface area contributed by atoms with Gasteiger partial charge in [-0.2, -0.15) is 0 Å². The molecule has 21 heavy (non-hydrogen) atoms. The van der Waals surface area contributed by atoms with Crippen LogP contribution in [0.1, 0.15) is 23.1 Å². The molecule has 0 spiro atoms. The molecule has 1 unspecified atom stereocenters. The van der Waals surface area contributed by atoms with Crippen molar-refractivity contribution in [3.63, 3.8) is 0 Å². The number of hydrogen-bond acceptors (Lipinski definition) is 5. The van der Waals surface area contributed by atoms with E-state index in [2.05, 4.69) is 5.32 Å². The molecule has 0 aliphatic carbocycles. The topological polar surface area (TPSA) is 64.6 Å². The summed E-state index contributed by atoms with van der Waals surface area (Å²) in [4.78, 5) is 23.5. The van der Waals surface area contributed by atoms with E-state index in [4.69, 9.17) is 9.47 Å². The largest absolute Gasteiger partial charge is 0.469 e. The third kappa shape index (κ3) is 3.07. The predicted molar refractivity (Wildman–Crippen MR) is 80.0 cm³/mol. The Labute approximate surface area is 123 Å². The van der Waals surface area contributed by atoms with E-state index >= 15 is 0 Å². The Morgan fingerprint density at radius 1 is 1.19 bits per heavy atom. The molecule has 1 aliphatic heterocycles. The lowest BCUT2D eigenvalue weighted by molar-refractivity contribution is -0.140. The molecule has 0 saturated heterocycles. The molecule has 2 rings (SSSR count). The number of aryl methyl sites for hydroxylation is 2. The number of carbonyl (C=O) groups excluding carboxylic acids is 2. The summed E-state index contributed by atoms with van der Waals surface area (Å²) in [7, 11) is 2.66. The van der Waals surface area contributed by atoms with E-state index in [0.717, 1.165) is 22.4 Å². The van der Waals surface area contributed by atoms with Crippen LogP contribution < -0.4 is 5.32 Å². The number of hydrogen-bond donors (Lipinski definition) is 1. The quantitative estimate of drug-likeness (QED) is 0.864. The van der Waals surface area contributed by atoms with E-state index in [1.54, 1.807) is 6.08 Å². The Morgan fingerprint density at radius 2 is 1.90 bits per heavy atom. The number of esters is 2. The van der Waals surface area contributed by atoms with Gasteiger partial charge in [0.05, 0.1) is 32.3 Å². The molecule has 0 fully saturated rings. The first-order chi connectivity index (χ1) is 9.96. The standard InChI is InChI=1S/C16H19NO4/c1-9-5-10(2)11-7-12(16(19)21-4)14(8-15(18)20-3)17-13(11)6-9/h5-7,14,17H,8H2,1-4H3. The van der Waals surface area contributed by atoms with E-state index in [0.29, 0.717) is 5.57 Å². The van der Waals surface area contributed by atoms with E-state index in [-0.39, 0.29) is 12.4 Å². The average Bonchev–Trinajstić information content (AvgIpc) is 2.45. The van der Waals surface area contributed by atoms with E-state index in [1.807, 2.05) is 26.0 Å². The second kappa shape index (κ2) is 5.99. The van der Waals surface area contributed by atoms with Crippen molar-refractivity contribution in [1.29, 1.82) is 0 Å². The zero-order valence-corrected chi connectivity index (χ0v) is 12.6. The molecule has 5 heteroatoms. The van der Waals surface area contributed by atoms with E-state index in [1.165, 1.54) is 14.2 Å². The Kier molecular flexibility index (Phi) is 4.31. The van der Waals surface area contributed by atoms with Gasteiger partial charge in [-0.25, -0.2) is 4.79 Å². The van der Waals surface area contributed by atoms with E-state index < -0.39 is 12.0 Å². The highest BCUT2D eigenvalue weighted by molar-refractivity contribution is 5.99. The van der Waals surface area contributed by atoms with Crippen molar-refractivity contribution in [2.75, 3.05) is 19.5 Å². The molecule has 1 heterocycles. The summed E-state index contributed by atoms with van der Waals surface area (Å²) < 4.78 is 9.51. The second-order valence-electron chi connectivity index (χ2n) is 5.11. The van der Waals surface area contributed by atoms with Crippen LogP contribution in [0.2, 0.25) is 0 Å². The Hall–Kier alpha value is -2.30. The molecule has 112 valence electrons. The second-order valence-corrected chi connectivity index (χ2v) is 5.11. The lowest BCUT2D eigenvalue weighted by atomic mass is 9.92. The number of ether oxygens (including phenoxy) is 2. The van der Waals surface area contributed by atoms with Crippen LogP contribution in [0.25, 0.3) is 6.08 Å². The molecule has 0 radical (unpaired) electrons. The Bertz CT molecular complexity index is 619. The zero-order valence-electron chi connectivity index (χ0n) is 12.6. The van der Waals surface area contributed by atoms with Crippen molar-refractivity contribution in [2.24, 2.45) is 0 Å². The Balaban J connectivity index is 2.46. The van der Waals surface area contributed by atoms with Gasteiger partial charge in [0.25, 0.3) is 0 Å². The van der Waals surface area contributed by atoms with Crippen LogP contribution in [-0.4, -0.2) is 32.2 Å². The van der Waals surface area contributed by atoms with Gasteiger partial charge in [-0.05, 0) is 37.1 Å². The minimum Gasteiger partial charge on any atom is -0.469 e. The van der Waals surface area contributed by atoms with Gasteiger partial charge in [0.1, 0.15) is 0 Å². The fraction of sp³-hybridized carbons (Fsp3) is 0.375. The number of rotatable bonds is 3. The first-order valence-corrected chi connectivity index (χ1v) is 6.70. The molecule has 0 saturated carbocycles. The molecule has 1 aromatic rings. The maximum atomic E-state index is 12.0. The van der Waals surface area contributed by atoms with Crippen molar-refractivity contribution in [3.8, 4) is 0 Å². The highest BCUT2D eigenvalue weighted by atomic mass is 16.5. The molecule has 1 aliphatic rings. The van der Waals surface area contributed by atoms with E-state index in [9.17, 15) is 9.59 Å². The fourth-order valence-corrected chi connectivity index (χ4v) is 2.54. The first-order valence-electron chi connectivity index (χ1n) is 6.70. The van der Waals surface area contributed by atoms with Crippen LogP contribution in [0.4, 0.5) is 5.69 Å². The van der Waals surface area contributed by atoms with Crippen LogP contribution in [0, 0.1) is 13.8 Å². The maximum absolute atomic E-state index is 12.0. The molecule has 5 nitrogen and oxygen atoms in total. The summed E-state index contributed by atoms with van der Waals surface area (Å²) in [6, 6.07) is 3.60. The normalized spacial score (nSPS) is 16.4. The van der Waals surface area contributed by atoms with Crippen LogP contribution in [0.15, 0.2) is 17.7 Å². The number of fused-ring (bicyclic) bond motifs is 1. The fourth-order valence-electron chi connectivity index (χ4n) is 2.54. The highest BCUT2D eigenvalue weighted by Gasteiger charge is 2.29. The summed E-state index contributed by atoms with van der Waals surface area (Å²) in [5.74, 6) is -0.822. The highest BCUT2D eigenvalue weighted by Crippen LogP contribution is 2.32. The summed E-state index contributed by atoms with van der Waals surface area (Å²) in [5.41, 5.74) is 4.47. The minimum atomic E-state index is -0.446. The lowest BCUT2D eigenvalue weighted by Gasteiger charge is -2.27. The molecule has 0 aromatic heterocycles. The smallest absolute Gasteiger partial charge is 0.335 e. The Morgan fingerprint density at radius 3 is 2.52 bits per heavy atom. The summed E-state index contributed by atoms with van der Waals surface area (Å²) >= 11 is 0.